The van der Waals surface area contributed by atoms with Crippen LogP contribution in [0.1, 0.15) is 28.5 Å². The van der Waals surface area contributed by atoms with Crippen LogP contribution in [0.15, 0.2) is 48.5 Å². The molecule has 1 atom stereocenters. The normalized spacial score (nSPS) is 12.1. The highest BCUT2D eigenvalue weighted by molar-refractivity contribution is 6.11. The van der Waals surface area contributed by atoms with Gasteiger partial charge < -0.3 is 19.2 Å². The Bertz CT molecular complexity index is 1080. The molecule has 0 bridgehead atoms. The van der Waals surface area contributed by atoms with Crippen LogP contribution in [-0.4, -0.2) is 37.1 Å². The van der Waals surface area contributed by atoms with Gasteiger partial charge in [-0.2, -0.15) is 0 Å². The van der Waals surface area contributed by atoms with Gasteiger partial charge in [-0.25, -0.2) is 4.79 Å². The second-order valence-corrected chi connectivity index (χ2v) is 6.56. The van der Waals surface area contributed by atoms with Crippen molar-refractivity contribution in [2.45, 2.75) is 20.0 Å². The second kappa shape index (κ2) is 8.65. The third-order valence-corrected chi connectivity index (χ3v) is 4.64. The van der Waals surface area contributed by atoms with Crippen molar-refractivity contribution in [3.05, 3.63) is 65.4 Å². The molecule has 0 radical (unpaired) electrons. The summed E-state index contributed by atoms with van der Waals surface area (Å²) in [7, 11) is 3.10. The minimum Gasteiger partial charge on any atom is -0.497 e. The van der Waals surface area contributed by atoms with E-state index in [2.05, 4.69) is 4.98 Å². The zero-order chi connectivity index (χ0) is 21.0. The first-order chi connectivity index (χ1) is 13.9. The maximum absolute atomic E-state index is 12.9. The van der Waals surface area contributed by atoms with E-state index in [1.807, 2.05) is 31.2 Å². The van der Waals surface area contributed by atoms with Gasteiger partial charge in [0.1, 0.15) is 11.5 Å². The van der Waals surface area contributed by atoms with Gasteiger partial charge in [0.05, 0.1) is 14.2 Å². The molecule has 2 aromatic carbocycles. The predicted molar refractivity (Wildman–Crippen MR) is 112 cm³/mol. The van der Waals surface area contributed by atoms with Crippen LogP contribution in [0.4, 0.5) is 0 Å². The van der Waals surface area contributed by atoms with Crippen LogP contribution in [0.25, 0.3) is 17.0 Å². The van der Waals surface area contributed by atoms with Crippen molar-refractivity contribution in [1.29, 1.82) is 0 Å². The fraction of sp³-hybridized carbons (Fsp3) is 0.217. The van der Waals surface area contributed by atoms with Gasteiger partial charge in [-0.1, -0.05) is 18.2 Å². The van der Waals surface area contributed by atoms with E-state index >= 15 is 0 Å². The minimum atomic E-state index is -0.919. The number of hydrogen-bond acceptors (Lipinski definition) is 5. The van der Waals surface area contributed by atoms with E-state index in [1.54, 1.807) is 45.4 Å². The molecule has 3 aromatic rings. The molecule has 6 heteroatoms. The number of aromatic nitrogens is 1. The Morgan fingerprint density at radius 3 is 2.55 bits per heavy atom. The van der Waals surface area contributed by atoms with Crippen molar-refractivity contribution in [2.75, 3.05) is 14.2 Å². The molecular formula is C23H23NO5. The van der Waals surface area contributed by atoms with E-state index < -0.39 is 12.1 Å². The molecule has 0 saturated carbocycles. The number of aromatic amines is 1. The summed E-state index contributed by atoms with van der Waals surface area (Å²) in [5.74, 6) is 0.361. The Labute approximate surface area is 169 Å². The lowest BCUT2D eigenvalue weighted by molar-refractivity contribution is -0.140. The van der Waals surface area contributed by atoms with Crippen LogP contribution in [-0.2, 0) is 9.53 Å². The molecule has 1 heterocycles. The van der Waals surface area contributed by atoms with Gasteiger partial charge in [-0.3, -0.25) is 4.79 Å². The van der Waals surface area contributed by atoms with Gasteiger partial charge in [0.15, 0.2) is 6.10 Å². The molecule has 6 nitrogen and oxygen atoms in total. The van der Waals surface area contributed by atoms with Crippen molar-refractivity contribution < 1.29 is 23.8 Å². The molecular weight excluding hydrogens is 370 g/mol. The third kappa shape index (κ3) is 4.32. The van der Waals surface area contributed by atoms with Gasteiger partial charge in [-0.05, 0) is 44.2 Å². The summed E-state index contributed by atoms with van der Waals surface area (Å²) < 4.78 is 15.8. The molecule has 0 amide bonds. The number of H-pyrrole nitrogens is 1. The first kappa shape index (κ1) is 20.2. The summed E-state index contributed by atoms with van der Waals surface area (Å²) >= 11 is 0. The molecule has 29 heavy (non-hydrogen) atoms. The monoisotopic (exact) mass is 393 g/mol. The number of rotatable bonds is 7. The largest absolute Gasteiger partial charge is 0.497 e. The summed E-state index contributed by atoms with van der Waals surface area (Å²) in [4.78, 5) is 28.3. The Morgan fingerprint density at radius 2 is 1.83 bits per heavy atom. The average molecular weight is 393 g/mol. The van der Waals surface area contributed by atoms with Crippen LogP contribution in [0.3, 0.4) is 0 Å². The number of carbonyl (C=O) groups excluding carboxylic acids is 2. The summed E-state index contributed by atoms with van der Waals surface area (Å²) in [6, 6.07) is 12.8. The summed E-state index contributed by atoms with van der Waals surface area (Å²) in [6.07, 6.45) is 1.92. The van der Waals surface area contributed by atoms with Gasteiger partial charge in [0.25, 0.3) is 0 Å². The number of para-hydroxylation sites is 1. The molecule has 0 spiro atoms. The van der Waals surface area contributed by atoms with Crippen LogP contribution in [0.2, 0.25) is 0 Å². The lowest BCUT2D eigenvalue weighted by Crippen LogP contribution is -2.24. The van der Waals surface area contributed by atoms with E-state index in [-0.39, 0.29) is 5.78 Å². The first-order valence-corrected chi connectivity index (χ1v) is 9.16. The number of aryl methyl sites for hydroxylation is 1. The zero-order valence-corrected chi connectivity index (χ0v) is 16.8. The van der Waals surface area contributed by atoms with Crippen LogP contribution in [0, 0.1) is 6.92 Å². The fourth-order valence-electron chi connectivity index (χ4n) is 3.19. The van der Waals surface area contributed by atoms with Gasteiger partial charge >= 0.3 is 5.97 Å². The highest BCUT2D eigenvalue weighted by Gasteiger charge is 2.23. The van der Waals surface area contributed by atoms with E-state index in [0.717, 1.165) is 16.6 Å². The van der Waals surface area contributed by atoms with E-state index in [1.165, 1.54) is 6.08 Å². The van der Waals surface area contributed by atoms with E-state index in [4.69, 9.17) is 14.2 Å². The van der Waals surface area contributed by atoms with Crippen LogP contribution >= 0.6 is 0 Å². The maximum atomic E-state index is 12.9. The highest BCUT2D eigenvalue weighted by atomic mass is 16.5. The molecule has 0 aliphatic heterocycles. The number of esters is 1. The quantitative estimate of drug-likeness (QED) is 0.367. The molecule has 0 aliphatic rings. The average Bonchev–Trinajstić information content (AvgIpc) is 3.06. The van der Waals surface area contributed by atoms with Crippen molar-refractivity contribution in [3.63, 3.8) is 0 Å². The van der Waals surface area contributed by atoms with Gasteiger partial charge in [-0.15, -0.1) is 0 Å². The summed E-state index contributed by atoms with van der Waals surface area (Å²) in [6.45, 7) is 3.40. The molecule has 1 N–H and O–H groups in total. The molecule has 3 rings (SSSR count). The standard InChI is InChI=1S/C23H23NO5/c1-14-22(18-7-5-6-8-19(18)24-14)23(26)15(2)29-21(25)12-9-16-13-17(27-3)10-11-20(16)28-4/h5-13,15,24H,1-4H3/b12-9+/t15-/m1/s1. The minimum absolute atomic E-state index is 0.249. The lowest BCUT2D eigenvalue weighted by atomic mass is 10.0. The van der Waals surface area contributed by atoms with E-state index in [0.29, 0.717) is 22.6 Å². The molecule has 0 aliphatic carbocycles. The van der Waals surface area contributed by atoms with Crippen molar-refractivity contribution in [2.24, 2.45) is 0 Å². The number of carbonyl (C=O) groups is 2. The lowest BCUT2D eigenvalue weighted by Gasteiger charge is -2.11. The SMILES string of the molecule is COc1ccc(OC)c(/C=C/C(=O)O[C@H](C)C(=O)c2c(C)[nH]c3ccccc23)c1. The molecule has 0 fully saturated rings. The highest BCUT2D eigenvalue weighted by Crippen LogP contribution is 2.26. The molecule has 0 saturated heterocycles. The molecule has 1 aromatic heterocycles. The smallest absolute Gasteiger partial charge is 0.331 e. The van der Waals surface area contributed by atoms with Crippen LogP contribution < -0.4 is 9.47 Å². The van der Waals surface area contributed by atoms with Crippen molar-refractivity contribution >= 4 is 28.7 Å². The van der Waals surface area contributed by atoms with Crippen molar-refractivity contribution in [3.8, 4) is 11.5 Å². The number of benzene rings is 2. The Hall–Kier alpha value is -3.54. The maximum Gasteiger partial charge on any atom is 0.331 e. The van der Waals surface area contributed by atoms with Crippen LogP contribution in [0.5, 0.6) is 11.5 Å². The Balaban J connectivity index is 1.74. The second-order valence-electron chi connectivity index (χ2n) is 6.56. The molecule has 150 valence electrons. The third-order valence-electron chi connectivity index (χ3n) is 4.64. The Morgan fingerprint density at radius 1 is 1.07 bits per heavy atom. The summed E-state index contributed by atoms with van der Waals surface area (Å²) in [5.41, 5.74) is 2.82. The fourth-order valence-corrected chi connectivity index (χ4v) is 3.19. The number of fused-ring (bicyclic) bond motifs is 1. The predicted octanol–water partition coefficient (Wildman–Crippen LogP) is 4.32. The van der Waals surface area contributed by atoms with Gasteiger partial charge in [0.2, 0.25) is 5.78 Å². The van der Waals surface area contributed by atoms with Gasteiger partial charge in [0, 0.05) is 33.8 Å². The number of ether oxygens (including phenoxy) is 3. The first-order valence-electron chi connectivity index (χ1n) is 9.16. The number of Topliss-reactive ketones (excluding diaryl/α,β-unsaturated/α-hetero) is 1. The number of methoxy groups -OCH3 is 2. The topological polar surface area (TPSA) is 77.6 Å². The number of nitrogens with one attached hydrogen (secondary N) is 1. The summed E-state index contributed by atoms with van der Waals surface area (Å²) in [5, 5.41) is 0.814. The Kier molecular flexibility index (Phi) is 6.02. The zero-order valence-electron chi connectivity index (χ0n) is 16.8. The number of ketones is 1. The molecule has 0 unspecified atom stereocenters. The number of hydrogen-bond donors (Lipinski definition) is 1. The van der Waals surface area contributed by atoms with E-state index in [9.17, 15) is 9.59 Å². The van der Waals surface area contributed by atoms with Crippen molar-refractivity contribution in [1.82, 2.24) is 4.98 Å².